The number of anilines is 1. The number of nitrogens with one attached hydrogen (secondary N) is 1. The second-order valence-corrected chi connectivity index (χ2v) is 4.21. The Morgan fingerprint density at radius 3 is 3.29 bits per heavy atom. The van der Waals surface area contributed by atoms with Crippen LogP contribution in [-0.4, -0.2) is 16.7 Å². The van der Waals surface area contributed by atoms with Crippen molar-refractivity contribution in [3.8, 4) is 5.75 Å². The van der Waals surface area contributed by atoms with E-state index in [4.69, 9.17) is 4.74 Å². The highest BCUT2D eigenvalue weighted by molar-refractivity contribution is 5.38. The number of fused-ring (bicyclic) bond motifs is 1. The predicted molar refractivity (Wildman–Crippen MR) is 66.2 cm³/mol. The fraction of sp³-hybridized carbons (Fsp3) is 0.308. The SMILES string of the molecule is COc1cccc(C2CCn3ccnc3N2)c1. The van der Waals surface area contributed by atoms with Gasteiger partial charge in [-0.25, -0.2) is 4.98 Å². The van der Waals surface area contributed by atoms with Crippen molar-refractivity contribution in [3.63, 3.8) is 0 Å². The molecule has 1 aliphatic heterocycles. The molecule has 2 heterocycles. The average molecular weight is 229 g/mol. The van der Waals surface area contributed by atoms with Gasteiger partial charge in [0.05, 0.1) is 13.2 Å². The molecule has 17 heavy (non-hydrogen) atoms. The van der Waals surface area contributed by atoms with Crippen LogP contribution in [0.1, 0.15) is 18.0 Å². The van der Waals surface area contributed by atoms with Crippen LogP contribution in [0.4, 0.5) is 5.95 Å². The molecule has 0 fully saturated rings. The highest BCUT2D eigenvalue weighted by Crippen LogP contribution is 2.29. The molecule has 0 spiro atoms. The summed E-state index contributed by atoms with van der Waals surface area (Å²) in [5.41, 5.74) is 1.25. The maximum absolute atomic E-state index is 5.25. The van der Waals surface area contributed by atoms with Gasteiger partial charge in [-0.15, -0.1) is 0 Å². The lowest BCUT2D eigenvalue weighted by molar-refractivity contribution is 0.413. The number of hydrogen-bond donors (Lipinski definition) is 1. The van der Waals surface area contributed by atoms with Crippen LogP contribution in [-0.2, 0) is 6.54 Å². The molecule has 0 aliphatic carbocycles. The van der Waals surface area contributed by atoms with Crippen LogP contribution in [0, 0.1) is 0 Å². The minimum atomic E-state index is 0.319. The molecule has 1 N–H and O–H groups in total. The normalized spacial score (nSPS) is 18.3. The zero-order valence-corrected chi connectivity index (χ0v) is 9.76. The molecular formula is C13H15N3O. The van der Waals surface area contributed by atoms with Gasteiger partial charge < -0.3 is 14.6 Å². The molecule has 1 unspecified atom stereocenters. The number of hydrogen-bond acceptors (Lipinski definition) is 3. The second kappa shape index (κ2) is 4.13. The van der Waals surface area contributed by atoms with Gasteiger partial charge in [0.15, 0.2) is 0 Å². The summed E-state index contributed by atoms with van der Waals surface area (Å²) in [5, 5.41) is 3.44. The number of aryl methyl sites for hydroxylation is 1. The van der Waals surface area contributed by atoms with Crippen molar-refractivity contribution in [1.29, 1.82) is 0 Å². The summed E-state index contributed by atoms with van der Waals surface area (Å²) in [6.45, 7) is 1.00. The topological polar surface area (TPSA) is 39.1 Å². The molecule has 4 nitrogen and oxygen atoms in total. The van der Waals surface area contributed by atoms with E-state index in [1.165, 1.54) is 5.56 Å². The number of methoxy groups -OCH3 is 1. The molecule has 0 amide bonds. The van der Waals surface area contributed by atoms with E-state index < -0.39 is 0 Å². The summed E-state index contributed by atoms with van der Waals surface area (Å²) < 4.78 is 7.39. The largest absolute Gasteiger partial charge is 0.497 e. The number of nitrogens with zero attached hydrogens (tertiary/aromatic N) is 2. The Bertz CT molecular complexity index is 521. The lowest BCUT2D eigenvalue weighted by Crippen LogP contribution is -2.21. The molecule has 1 aromatic heterocycles. The summed E-state index contributed by atoms with van der Waals surface area (Å²) in [7, 11) is 1.69. The van der Waals surface area contributed by atoms with E-state index in [1.54, 1.807) is 7.11 Å². The molecule has 2 aromatic rings. The lowest BCUT2D eigenvalue weighted by Gasteiger charge is -2.26. The van der Waals surface area contributed by atoms with Crippen molar-refractivity contribution in [2.45, 2.75) is 19.0 Å². The Balaban J connectivity index is 1.86. The Hall–Kier alpha value is -1.97. The van der Waals surface area contributed by atoms with E-state index in [9.17, 15) is 0 Å². The fourth-order valence-corrected chi connectivity index (χ4v) is 2.23. The van der Waals surface area contributed by atoms with Gasteiger partial charge in [-0.2, -0.15) is 0 Å². The molecular weight excluding hydrogens is 214 g/mol. The van der Waals surface area contributed by atoms with Crippen LogP contribution in [0.15, 0.2) is 36.7 Å². The zero-order chi connectivity index (χ0) is 11.7. The fourth-order valence-electron chi connectivity index (χ4n) is 2.23. The monoisotopic (exact) mass is 229 g/mol. The van der Waals surface area contributed by atoms with Crippen molar-refractivity contribution < 1.29 is 4.74 Å². The Labute approximate surface area is 100 Å². The van der Waals surface area contributed by atoms with Crippen LogP contribution in [0.25, 0.3) is 0 Å². The Morgan fingerprint density at radius 2 is 2.41 bits per heavy atom. The molecule has 0 saturated heterocycles. The van der Waals surface area contributed by atoms with Gasteiger partial charge in [-0.3, -0.25) is 0 Å². The van der Waals surface area contributed by atoms with Crippen molar-refractivity contribution in [2.24, 2.45) is 0 Å². The quantitative estimate of drug-likeness (QED) is 0.859. The van der Waals surface area contributed by atoms with Crippen molar-refractivity contribution in [1.82, 2.24) is 9.55 Å². The van der Waals surface area contributed by atoms with Crippen LogP contribution in [0.3, 0.4) is 0 Å². The van der Waals surface area contributed by atoms with Crippen LogP contribution in [0.2, 0.25) is 0 Å². The van der Waals surface area contributed by atoms with Crippen LogP contribution < -0.4 is 10.1 Å². The molecule has 4 heteroatoms. The first kappa shape index (κ1) is 10.2. The van der Waals surface area contributed by atoms with Gasteiger partial charge in [-0.05, 0) is 24.1 Å². The van der Waals surface area contributed by atoms with Crippen LogP contribution >= 0.6 is 0 Å². The van der Waals surface area contributed by atoms with E-state index in [0.717, 1.165) is 24.7 Å². The first-order chi connectivity index (χ1) is 8.36. The van der Waals surface area contributed by atoms with Gasteiger partial charge in [-0.1, -0.05) is 12.1 Å². The first-order valence-corrected chi connectivity index (χ1v) is 5.78. The zero-order valence-electron chi connectivity index (χ0n) is 9.76. The summed E-state index contributed by atoms with van der Waals surface area (Å²) >= 11 is 0. The number of aromatic nitrogens is 2. The van der Waals surface area contributed by atoms with Gasteiger partial charge in [0.1, 0.15) is 5.75 Å². The van der Waals surface area contributed by atoms with Gasteiger partial charge in [0.2, 0.25) is 5.95 Å². The van der Waals surface area contributed by atoms with Crippen molar-refractivity contribution in [3.05, 3.63) is 42.2 Å². The molecule has 88 valence electrons. The van der Waals surface area contributed by atoms with E-state index in [-0.39, 0.29) is 0 Å². The van der Waals surface area contributed by atoms with Crippen molar-refractivity contribution >= 4 is 5.95 Å². The van der Waals surface area contributed by atoms with E-state index in [2.05, 4.69) is 27.0 Å². The van der Waals surface area contributed by atoms with E-state index in [1.807, 2.05) is 24.5 Å². The third-order valence-electron chi connectivity index (χ3n) is 3.17. The molecule has 0 radical (unpaired) electrons. The summed E-state index contributed by atoms with van der Waals surface area (Å²) in [6, 6.07) is 8.51. The molecule has 0 bridgehead atoms. The maximum Gasteiger partial charge on any atom is 0.203 e. The second-order valence-electron chi connectivity index (χ2n) is 4.21. The van der Waals surface area contributed by atoms with Gasteiger partial charge in [0.25, 0.3) is 0 Å². The molecule has 1 aliphatic rings. The van der Waals surface area contributed by atoms with Crippen molar-refractivity contribution in [2.75, 3.05) is 12.4 Å². The summed E-state index contributed by atoms with van der Waals surface area (Å²) in [5.74, 6) is 1.85. The summed E-state index contributed by atoms with van der Waals surface area (Å²) in [4.78, 5) is 4.30. The third-order valence-corrected chi connectivity index (χ3v) is 3.17. The standard InChI is InChI=1S/C13H15N3O/c1-17-11-4-2-3-10(9-11)12-5-7-16-8-6-14-13(16)15-12/h2-4,6,8-9,12H,5,7H2,1H3,(H,14,15). The highest BCUT2D eigenvalue weighted by Gasteiger charge is 2.19. The molecule has 3 rings (SSSR count). The minimum Gasteiger partial charge on any atom is -0.497 e. The molecule has 0 saturated carbocycles. The predicted octanol–water partition coefficient (Wildman–Crippen LogP) is 2.45. The lowest BCUT2D eigenvalue weighted by atomic mass is 10.0. The third kappa shape index (κ3) is 1.86. The Kier molecular flexibility index (Phi) is 2.48. The number of rotatable bonds is 2. The van der Waals surface area contributed by atoms with E-state index >= 15 is 0 Å². The minimum absolute atomic E-state index is 0.319. The van der Waals surface area contributed by atoms with Gasteiger partial charge in [0, 0.05) is 18.9 Å². The number of imidazole rings is 1. The maximum atomic E-state index is 5.25. The van der Waals surface area contributed by atoms with Crippen LogP contribution in [0.5, 0.6) is 5.75 Å². The molecule has 1 atom stereocenters. The number of benzene rings is 1. The smallest absolute Gasteiger partial charge is 0.203 e. The number of ether oxygens (including phenoxy) is 1. The average Bonchev–Trinajstić information content (AvgIpc) is 2.86. The highest BCUT2D eigenvalue weighted by atomic mass is 16.5. The first-order valence-electron chi connectivity index (χ1n) is 5.78. The Morgan fingerprint density at radius 1 is 1.47 bits per heavy atom. The van der Waals surface area contributed by atoms with E-state index in [0.29, 0.717) is 6.04 Å². The molecule has 1 aromatic carbocycles. The summed E-state index contributed by atoms with van der Waals surface area (Å²) in [6.07, 6.45) is 4.90. The van der Waals surface area contributed by atoms with Gasteiger partial charge >= 0.3 is 0 Å².